The number of hydrogen-bond donors (Lipinski definition) is 1. The van der Waals surface area contributed by atoms with Crippen LogP contribution >= 0.6 is 0 Å². The highest BCUT2D eigenvalue weighted by Crippen LogP contribution is 2.08. The Morgan fingerprint density at radius 2 is 2.25 bits per heavy atom. The number of unbranched alkanes of at least 4 members (excludes halogenated alkanes) is 1. The molecule has 0 rings (SSSR count). The molecular formula is C6H16OSi. The van der Waals surface area contributed by atoms with Crippen molar-refractivity contribution in [1.82, 2.24) is 0 Å². The minimum absolute atomic E-state index is 0.0938. The summed E-state index contributed by atoms with van der Waals surface area (Å²) < 4.78 is 14.1. The summed E-state index contributed by atoms with van der Waals surface area (Å²) in [6, 6.07) is 0.733. The topological polar surface area (TPSA) is 20.2 Å². The van der Waals surface area contributed by atoms with E-state index in [0.717, 1.165) is 18.9 Å². The minimum Gasteiger partial charge on any atom is -0.432 e. The number of hydrogen-bond acceptors (Lipinski definition) is 1. The van der Waals surface area contributed by atoms with Crippen LogP contribution in [0.25, 0.3) is 0 Å². The van der Waals surface area contributed by atoms with E-state index in [1.54, 1.807) is 0 Å². The van der Waals surface area contributed by atoms with Crippen molar-refractivity contribution in [3.8, 4) is 0 Å². The third kappa shape index (κ3) is 6.18. The van der Waals surface area contributed by atoms with Crippen molar-refractivity contribution in [3.05, 3.63) is 0 Å². The molecule has 0 unspecified atom stereocenters. The maximum atomic E-state index is 9.52. The van der Waals surface area contributed by atoms with Crippen LogP contribution in [0.3, 0.4) is 0 Å². The summed E-state index contributed by atoms with van der Waals surface area (Å²) in [4.78, 5) is 9.52. The fraction of sp³-hybridized carbons (Fsp3) is 1.00. The lowest BCUT2D eigenvalue weighted by Gasteiger charge is -2.11. The zero-order valence-corrected chi connectivity index (χ0v) is 6.48. The largest absolute Gasteiger partial charge is 0.432 e. The van der Waals surface area contributed by atoms with Crippen molar-refractivity contribution in [3.63, 3.8) is 0 Å². The molecule has 1 nitrogen and oxygen atoms in total. The molecule has 0 aromatic carbocycles. The van der Waals surface area contributed by atoms with Gasteiger partial charge in [-0.1, -0.05) is 19.8 Å². The standard InChI is InChI=1S/C6H16OSi/c1-4-5-6-8(2,3)7/h7H,4-6H2,1-3H3/i2T,3T. The summed E-state index contributed by atoms with van der Waals surface area (Å²) in [6.07, 6.45) is 2.02. The molecule has 0 aliphatic rings. The molecule has 0 heterocycles. The molecule has 0 atom stereocenters. The van der Waals surface area contributed by atoms with Gasteiger partial charge < -0.3 is 4.80 Å². The molecule has 0 saturated carbocycles. The van der Waals surface area contributed by atoms with Crippen molar-refractivity contribution in [1.29, 1.82) is 0 Å². The third-order valence-electron chi connectivity index (χ3n) is 0.996. The first-order chi connectivity index (χ1) is 4.68. The Hall–Kier alpha value is 0.177. The molecule has 2 heteroatoms. The monoisotopic (exact) mass is 136 g/mol. The lowest BCUT2D eigenvalue weighted by molar-refractivity contribution is 0.543. The van der Waals surface area contributed by atoms with E-state index in [0.29, 0.717) is 0 Å². The van der Waals surface area contributed by atoms with Gasteiger partial charge in [-0.05, 0) is 19.1 Å². The van der Waals surface area contributed by atoms with Crippen LogP contribution in [0.1, 0.15) is 22.5 Å². The van der Waals surface area contributed by atoms with E-state index in [4.69, 9.17) is 2.74 Å². The highest BCUT2D eigenvalue weighted by molar-refractivity contribution is 6.69. The van der Waals surface area contributed by atoms with Crippen LogP contribution in [-0.4, -0.2) is 13.1 Å². The Kier molecular flexibility index (Phi) is 2.03. The molecule has 50 valence electrons. The molecule has 0 fully saturated rings. The van der Waals surface area contributed by atoms with E-state index in [-0.39, 0.29) is 13.0 Å². The van der Waals surface area contributed by atoms with Gasteiger partial charge in [0.15, 0.2) is 8.32 Å². The van der Waals surface area contributed by atoms with Crippen molar-refractivity contribution in [2.75, 3.05) is 0 Å². The van der Waals surface area contributed by atoms with Gasteiger partial charge in [0.25, 0.3) is 0 Å². The van der Waals surface area contributed by atoms with Crippen LogP contribution in [-0.2, 0) is 0 Å². The van der Waals surface area contributed by atoms with E-state index in [2.05, 4.69) is 6.92 Å². The zero-order chi connectivity index (χ0) is 8.04. The van der Waals surface area contributed by atoms with Crippen LogP contribution in [0.15, 0.2) is 0 Å². The molecule has 0 aliphatic heterocycles. The first kappa shape index (κ1) is 5.00. The SMILES string of the molecule is [3H]C[Si](O)(C[3H])CCCC. The van der Waals surface area contributed by atoms with Crippen LogP contribution in [0.5, 0.6) is 0 Å². The van der Waals surface area contributed by atoms with E-state index >= 15 is 0 Å². The zero-order valence-electron chi connectivity index (χ0n) is 7.48. The van der Waals surface area contributed by atoms with Crippen molar-refractivity contribution >= 4 is 8.32 Å². The van der Waals surface area contributed by atoms with Crippen molar-refractivity contribution in [2.45, 2.75) is 38.9 Å². The smallest absolute Gasteiger partial charge is 0.182 e. The van der Waals surface area contributed by atoms with Gasteiger partial charge in [-0.15, -0.1) is 0 Å². The summed E-state index contributed by atoms with van der Waals surface area (Å²) in [6.45, 7) is 2.25. The molecular weight excluding hydrogens is 116 g/mol. The fourth-order valence-corrected chi connectivity index (χ4v) is 1.52. The van der Waals surface area contributed by atoms with E-state index in [9.17, 15) is 4.80 Å². The molecule has 0 saturated heterocycles. The third-order valence-corrected chi connectivity index (χ3v) is 2.28. The Bertz CT molecular complexity index is 85.8. The van der Waals surface area contributed by atoms with Gasteiger partial charge in [0, 0.05) is 2.74 Å². The summed E-state index contributed by atoms with van der Waals surface area (Å²) in [5.41, 5.74) is 0. The normalized spacial score (nSPS) is 15.2. The van der Waals surface area contributed by atoms with Crippen molar-refractivity contribution in [2.24, 2.45) is 0 Å². The average Bonchev–Trinajstić information content (AvgIpc) is 2.00. The Labute approximate surface area is 55.7 Å². The van der Waals surface area contributed by atoms with E-state index in [1.807, 2.05) is 0 Å². The number of rotatable bonds is 3. The first-order valence-corrected chi connectivity index (χ1v) is 5.56. The summed E-state index contributed by atoms with van der Waals surface area (Å²) in [5, 5.41) is 0. The van der Waals surface area contributed by atoms with Crippen LogP contribution in [0, 0.1) is 0 Å². The second kappa shape index (κ2) is 3.25. The minimum atomic E-state index is -2.38. The predicted molar refractivity (Wildman–Crippen MR) is 39.4 cm³/mol. The maximum Gasteiger partial charge on any atom is 0.182 e. The van der Waals surface area contributed by atoms with Gasteiger partial charge >= 0.3 is 0 Å². The van der Waals surface area contributed by atoms with Crippen LogP contribution < -0.4 is 0 Å². The molecule has 0 radical (unpaired) electrons. The first-order valence-electron chi connectivity index (χ1n) is 4.41. The van der Waals surface area contributed by atoms with E-state index in [1.165, 1.54) is 0 Å². The molecule has 0 spiro atoms. The van der Waals surface area contributed by atoms with Gasteiger partial charge in [0.05, 0.1) is 0 Å². The molecule has 8 heavy (non-hydrogen) atoms. The summed E-state index contributed by atoms with van der Waals surface area (Å²) in [7, 11) is -2.38. The molecule has 0 aromatic rings. The highest BCUT2D eigenvalue weighted by atomic mass is 28.4. The molecule has 0 bridgehead atoms. The van der Waals surface area contributed by atoms with Gasteiger partial charge in [0.2, 0.25) is 0 Å². The lowest BCUT2D eigenvalue weighted by Crippen LogP contribution is -2.23. The second-order valence-electron chi connectivity index (χ2n) is 2.33. The van der Waals surface area contributed by atoms with Crippen LogP contribution in [0.4, 0.5) is 0 Å². The molecule has 1 N–H and O–H groups in total. The van der Waals surface area contributed by atoms with Gasteiger partial charge in [0.1, 0.15) is 0 Å². The van der Waals surface area contributed by atoms with Crippen molar-refractivity contribution < 1.29 is 7.54 Å². The van der Waals surface area contributed by atoms with Gasteiger partial charge in [-0.3, -0.25) is 0 Å². The Morgan fingerprint density at radius 1 is 1.62 bits per heavy atom. The average molecular weight is 136 g/mol. The van der Waals surface area contributed by atoms with Gasteiger partial charge in [-0.2, -0.15) is 0 Å². The Morgan fingerprint density at radius 3 is 2.62 bits per heavy atom. The molecule has 0 amide bonds. The fourth-order valence-electron chi connectivity index (χ4n) is 0.506. The predicted octanol–water partition coefficient (Wildman–Crippen LogP) is 1.98. The molecule has 0 aliphatic carbocycles. The summed E-state index contributed by atoms with van der Waals surface area (Å²) >= 11 is 0. The van der Waals surface area contributed by atoms with E-state index < -0.39 is 8.32 Å². The second-order valence-corrected chi connectivity index (χ2v) is 5.28. The van der Waals surface area contributed by atoms with Gasteiger partial charge in [-0.25, -0.2) is 0 Å². The lowest BCUT2D eigenvalue weighted by atomic mass is 10.4. The highest BCUT2D eigenvalue weighted by Gasteiger charge is 2.14. The quantitative estimate of drug-likeness (QED) is 0.588. The Balaban J connectivity index is 3.58. The molecule has 0 aromatic heterocycles. The summed E-state index contributed by atoms with van der Waals surface area (Å²) in [5.74, 6) is 0. The maximum absolute atomic E-state index is 9.52. The van der Waals surface area contributed by atoms with Crippen LogP contribution in [0.2, 0.25) is 19.1 Å².